The fourth-order valence-corrected chi connectivity index (χ4v) is 2.67. The first-order valence-corrected chi connectivity index (χ1v) is 8.30. The second-order valence-corrected chi connectivity index (χ2v) is 5.87. The highest BCUT2D eigenvalue weighted by molar-refractivity contribution is 5.91. The summed E-state index contributed by atoms with van der Waals surface area (Å²) >= 11 is 0. The normalized spacial score (nSPS) is 10.5. The molecule has 0 unspecified atom stereocenters. The molecule has 0 aliphatic carbocycles. The Bertz CT molecular complexity index is 725. The minimum absolute atomic E-state index is 0.239. The van der Waals surface area contributed by atoms with E-state index >= 15 is 0 Å². The molecule has 0 aliphatic rings. The van der Waals surface area contributed by atoms with E-state index in [9.17, 15) is 10.0 Å². The Balaban J connectivity index is 2.21. The van der Waals surface area contributed by atoms with Crippen molar-refractivity contribution in [3.8, 4) is 5.75 Å². The standard InChI is InChI=1S/C20H25NO3/c1-5-16-11-15(4)19(12-14(16)3)24-13-17-9-7-8-10-18(17)21(23)20(22)6-2/h7-12,23H,5-6,13H2,1-4H3. The molecule has 0 saturated carbocycles. The van der Waals surface area contributed by atoms with Crippen LogP contribution in [0.5, 0.6) is 5.75 Å². The van der Waals surface area contributed by atoms with Gasteiger partial charge in [0, 0.05) is 12.0 Å². The molecule has 4 nitrogen and oxygen atoms in total. The Labute approximate surface area is 143 Å². The number of ether oxygens (including phenoxy) is 1. The fraction of sp³-hybridized carbons (Fsp3) is 0.350. The van der Waals surface area contributed by atoms with Crippen LogP contribution in [0, 0.1) is 13.8 Å². The van der Waals surface area contributed by atoms with Crippen molar-refractivity contribution in [2.75, 3.05) is 5.06 Å². The van der Waals surface area contributed by atoms with E-state index in [0.29, 0.717) is 10.8 Å². The van der Waals surface area contributed by atoms with Crippen molar-refractivity contribution < 1.29 is 14.7 Å². The third-order valence-electron chi connectivity index (χ3n) is 4.16. The molecule has 2 rings (SSSR count). The lowest BCUT2D eigenvalue weighted by molar-refractivity contribution is -0.123. The van der Waals surface area contributed by atoms with Gasteiger partial charge in [-0.1, -0.05) is 38.1 Å². The number of hydrogen-bond donors (Lipinski definition) is 1. The van der Waals surface area contributed by atoms with Gasteiger partial charge in [0.1, 0.15) is 12.4 Å². The molecule has 0 atom stereocenters. The van der Waals surface area contributed by atoms with Crippen molar-refractivity contribution in [3.05, 3.63) is 58.7 Å². The SMILES string of the molecule is CCC(=O)N(O)c1ccccc1COc1cc(C)c(CC)cc1C. The Morgan fingerprint density at radius 1 is 1.08 bits per heavy atom. The van der Waals surface area contributed by atoms with Gasteiger partial charge in [-0.15, -0.1) is 0 Å². The number of hydroxylamine groups is 1. The maximum Gasteiger partial charge on any atom is 0.250 e. The number of anilines is 1. The van der Waals surface area contributed by atoms with Gasteiger partial charge in [-0.25, -0.2) is 0 Å². The molecule has 0 fully saturated rings. The van der Waals surface area contributed by atoms with Crippen molar-refractivity contribution in [1.29, 1.82) is 0 Å². The highest BCUT2D eigenvalue weighted by Crippen LogP contribution is 2.26. The summed E-state index contributed by atoms with van der Waals surface area (Å²) in [6.07, 6.45) is 1.23. The number of para-hydroxylation sites is 1. The minimum Gasteiger partial charge on any atom is -0.489 e. The summed E-state index contributed by atoms with van der Waals surface area (Å²) in [5.41, 5.74) is 4.83. The van der Waals surface area contributed by atoms with Gasteiger partial charge in [-0.05, 0) is 49.1 Å². The molecule has 128 valence electrons. The van der Waals surface area contributed by atoms with E-state index in [1.54, 1.807) is 19.1 Å². The van der Waals surface area contributed by atoms with Gasteiger partial charge in [-0.2, -0.15) is 5.06 Å². The zero-order valence-electron chi connectivity index (χ0n) is 14.8. The fourth-order valence-electron chi connectivity index (χ4n) is 2.67. The molecule has 2 aromatic carbocycles. The van der Waals surface area contributed by atoms with Crippen molar-refractivity contribution >= 4 is 11.6 Å². The molecule has 2 aromatic rings. The van der Waals surface area contributed by atoms with Crippen LogP contribution < -0.4 is 9.80 Å². The number of amides is 1. The Morgan fingerprint density at radius 3 is 2.46 bits per heavy atom. The van der Waals surface area contributed by atoms with Crippen LogP contribution in [0.15, 0.2) is 36.4 Å². The molecule has 0 aliphatic heterocycles. The molecule has 0 radical (unpaired) electrons. The summed E-state index contributed by atoms with van der Waals surface area (Å²) in [5.74, 6) is 0.479. The van der Waals surface area contributed by atoms with E-state index in [4.69, 9.17) is 4.74 Å². The van der Waals surface area contributed by atoms with Crippen LogP contribution >= 0.6 is 0 Å². The zero-order chi connectivity index (χ0) is 17.7. The van der Waals surface area contributed by atoms with Gasteiger partial charge in [0.2, 0.25) is 5.91 Å². The van der Waals surface area contributed by atoms with Crippen LogP contribution in [0.3, 0.4) is 0 Å². The first-order valence-electron chi connectivity index (χ1n) is 8.30. The first kappa shape index (κ1) is 18.0. The average Bonchev–Trinajstić information content (AvgIpc) is 2.60. The summed E-state index contributed by atoms with van der Waals surface area (Å²) in [4.78, 5) is 11.7. The number of carbonyl (C=O) groups excluding carboxylic acids is 1. The van der Waals surface area contributed by atoms with Gasteiger partial charge in [0.25, 0.3) is 0 Å². The Morgan fingerprint density at radius 2 is 1.79 bits per heavy atom. The molecule has 0 saturated heterocycles. The van der Waals surface area contributed by atoms with Crippen LogP contribution in [0.1, 0.15) is 42.5 Å². The first-order chi connectivity index (χ1) is 11.5. The molecule has 1 N–H and O–H groups in total. The maximum absolute atomic E-state index is 11.7. The predicted molar refractivity (Wildman–Crippen MR) is 95.6 cm³/mol. The van der Waals surface area contributed by atoms with Crippen molar-refractivity contribution in [1.82, 2.24) is 0 Å². The van der Waals surface area contributed by atoms with Gasteiger partial charge >= 0.3 is 0 Å². The molecule has 4 heteroatoms. The number of nitrogens with zero attached hydrogens (tertiary/aromatic N) is 1. The van der Waals surface area contributed by atoms with Gasteiger partial charge in [-0.3, -0.25) is 10.0 Å². The summed E-state index contributed by atoms with van der Waals surface area (Å²) in [6, 6.07) is 11.4. The van der Waals surface area contributed by atoms with E-state index in [1.165, 1.54) is 11.1 Å². The number of rotatable bonds is 6. The topological polar surface area (TPSA) is 49.8 Å². The number of aryl methyl sites for hydroxylation is 3. The third kappa shape index (κ3) is 3.95. The summed E-state index contributed by atoms with van der Waals surface area (Å²) in [7, 11) is 0. The van der Waals surface area contributed by atoms with Gasteiger partial charge in [0.05, 0.1) is 5.69 Å². The molecule has 0 heterocycles. The summed E-state index contributed by atoms with van der Waals surface area (Å²) in [6.45, 7) is 8.24. The van der Waals surface area contributed by atoms with E-state index in [-0.39, 0.29) is 18.9 Å². The van der Waals surface area contributed by atoms with Crippen LogP contribution in [0.2, 0.25) is 0 Å². The van der Waals surface area contributed by atoms with E-state index in [1.807, 2.05) is 25.1 Å². The second kappa shape index (κ2) is 7.97. The highest BCUT2D eigenvalue weighted by atomic mass is 16.5. The van der Waals surface area contributed by atoms with Crippen LogP contribution in [0.4, 0.5) is 5.69 Å². The van der Waals surface area contributed by atoms with Crippen LogP contribution in [0.25, 0.3) is 0 Å². The van der Waals surface area contributed by atoms with E-state index < -0.39 is 0 Å². The van der Waals surface area contributed by atoms with E-state index in [0.717, 1.165) is 23.3 Å². The monoisotopic (exact) mass is 327 g/mol. The van der Waals surface area contributed by atoms with Crippen LogP contribution in [-0.4, -0.2) is 11.1 Å². The molecule has 0 bridgehead atoms. The van der Waals surface area contributed by atoms with Crippen molar-refractivity contribution in [2.24, 2.45) is 0 Å². The minimum atomic E-state index is -0.346. The molecular formula is C20H25NO3. The quantitative estimate of drug-likeness (QED) is 0.624. The lowest BCUT2D eigenvalue weighted by Crippen LogP contribution is -2.27. The molecule has 0 spiro atoms. The number of carbonyl (C=O) groups is 1. The zero-order valence-corrected chi connectivity index (χ0v) is 14.8. The highest BCUT2D eigenvalue weighted by Gasteiger charge is 2.15. The number of hydrogen-bond acceptors (Lipinski definition) is 3. The molecule has 24 heavy (non-hydrogen) atoms. The molecular weight excluding hydrogens is 302 g/mol. The molecule has 1 amide bonds. The third-order valence-corrected chi connectivity index (χ3v) is 4.16. The average molecular weight is 327 g/mol. The van der Waals surface area contributed by atoms with Gasteiger partial charge in [0.15, 0.2) is 0 Å². The lowest BCUT2D eigenvalue weighted by Gasteiger charge is -2.19. The number of benzene rings is 2. The van der Waals surface area contributed by atoms with E-state index in [2.05, 4.69) is 19.9 Å². The Kier molecular flexibility index (Phi) is 5.99. The predicted octanol–water partition coefficient (Wildman–Crippen LogP) is 4.58. The van der Waals surface area contributed by atoms with Crippen molar-refractivity contribution in [3.63, 3.8) is 0 Å². The maximum atomic E-state index is 11.7. The van der Waals surface area contributed by atoms with Crippen LogP contribution in [-0.2, 0) is 17.8 Å². The summed E-state index contributed by atoms with van der Waals surface area (Å²) < 4.78 is 5.96. The largest absolute Gasteiger partial charge is 0.489 e. The van der Waals surface area contributed by atoms with Crippen molar-refractivity contribution in [2.45, 2.75) is 47.1 Å². The summed E-state index contributed by atoms with van der Waals surface area (Å²) in [5, 5.41) is 10.8. The Hall–Kier alpha value is -2.33. The second-order valence-electron chi connectivity index (χ2n) is 5.87. The lowest BCUT2D eigenvalue weighted by atomic mass is 10.0. The smallest absolute Gasteiger partial charge is 0.250 e. The van der Waals surface area contributed by atoms with Gasteiger partial charge < -0.3 is 4.74 Å². The molecule has 0 aromatic heterocycles.